The smallest absolute Gasteiger partial charge is 0.496 e. The Labute approximate surface area is 334 Å². The quantitative estimate of drug-likeness (QED) is 0.129. The van der Waals surface area contributed by atoms with Crippen molar-refractivity contribution < 1.29 is 35.0 Å². The average molecular weight is 774 g/mol. The summed E-state index contributed by atoms with van der Waals surface area (Å²) >= 11 is 0. The summed E-state index contributed by atoms with van der Waals surface area (Å²) in [5, 5.41) is 5.10. The molecule has 0 atom stereocenters. The van der Waals surface area contributed by atoms with Gasteiger partial charge in [-0.3, -0.25) is 0 Å². The first kappa shape index (κ1) is 38.3. The van der Waals surface area contributed by atoms with Crippen molar-refractivity contribution in [2.45, 2.75) is 79.1 Å². The van der Waals surface area contributed by atoms with Crippen molar-refractivity contribution in [1.82, 2.24) is 0 Å². The van der Waals surface area contributed by atoms with Gasteiger partial charge in [0.05, 0.1) is 23.0 Å². The van der Waals surface area contributed by atoms with Crippen molar-refractivity contribution in [3.63, 3.8) is 0 Å². The molecule has 6 aromatic carbocycles. The molecule has 0 aliphatic rings. The zero-order chi connectivity index (χ0) is 36.2. The van der Waals surface area contributed by atoms with Crippen LogP contribution < -0.4 is 0 Å². The molecule has 8 aromatic rings. The molecule has 3 heteroatoms. The molecule has 2 nitrogen and oxygen atoms in total. The second-order valence-corrected chi connectivity index (χ2v) is 14.7. The molecular weight excluding hydrogens is 724 g/mol. The molecule has 0 bridgehead atoms. The monoisotopic (exact) mass is 772 g/mol. The van der Waals surface area contributed by atoms with Crippen molar-refractivity contribution in [2.75, 3.05) is 0 Å². The van der Waals surface area contributed by atoms with Crippen LogP contribution in [0.5, 0.6) is 0 Å². The fourth-order valence-electron chi connectivity index (χ4n) is 7.18. The second kappa shape index (κ2) is 17.1. The van der Waals surface area contributed by atoms with Crippen LogP contribution in [-0.2, 0) is 39.0 Å². The summed E-state index contributed by atoms with van der Waals surface area (Å²) in [5.74, 6) is 5.18. The molecule has 0 aliphatic carbocycles. The maximum Gasteiger partial charge on any atom is 2.00 e. The van der Waals surface area contributed by atoms with Gasteiger partial charge < -0.3 is 8.83 Å². The summed E-state index contributed by atoms with van der Waals surface area (Å²) in [6.07, 6.45) is 4.19. The summed E-state index contributed by atoms with van der Waals surface area (Å²) in [6, 6.07) is 48.4. The van der Waals surface area contributed by atoms with E-state index in [1.807, 2.05) is 0 Å². The largest absolute Gasteiger partial charge is 2.00 e. The third-order valence-corrected chi connectivity index (χ3v) is 10.2. The average Bonchev–Trinajstić information content (AvgIpc) is 3.98. The third-order valence-electron chi connectivity index (χ3n) is 10.2. The minimum absolute atomic E-state index is 0. The van der Waals surface area contributed by atoms with E-state index >= 15 is 0 Å². The van der Waals surface area contributed by atoms with Gasteiger partial charge in [0, 0.05) is 12.8 Å². The molecule has 0 aliphatic heterocycles. The van der Waals surface area contributed by atoms with Gasteiger partial charge >= 0.3 is 26.2 Å². The molecule has 0 saturated carbocycles. The van der Waals surface area contributed by atoms with E-state index in [-0.39, 0.29) is 26.2 Å². The molecule has 0 fully saturated rings. The SMILES string of the molecule is CCCc1ccc(-c2cc3c(-c4ccc(C(C)C)cc4)cccc3[cH-]2)o1.CCCc1ccc(-c2cc3c(-c4ccc(C(C)C)cc4)cccc3[cH-]2)o1.[Zr+2]. The maximum absolute atomic E-state index is 6.03. The van der Waals surface area contributed by atoms with E-state index in [0.29, 0.717) is 11.8 Å². The minimum atomic E-state index is 0. The summed E-state index contributed by atoms with van der Waals surface area (Å²) in [5.41, 5.74) is 10.2. The standard InChI is InChI=1S/2C25H25O.Zr/c2*1-4-6-22-13-14-25(26-22)21-15-20-7-5-8-23(24(20)16-21)19-11-9-18(10-12-19)17(2)3;/h2*5,7-17H,4,6H2,1-3H3;/q2*-1;+2. The van der Waals surface area contributed by atoms with Gasteiger partial charge in [-0.05, 0) is 71.2 Å². The van der Waals surface area contributed by atoms with E-state index < -0.39 is 0 Å². The maximum atomic E-state index is 6.03. The van der Waals surface area contributed by atoms with Gasteiger partial charge in [0.15, 0.2) is 0 Å². The van der Waals surface area contributed by atoms with E-state index in [0.717, 1.165) is 59.9 Å². The molecule has 2 heterocycles. The van der Waals surface area contributed by atoms with Crippen LogP contribution in [0.25, 0.3) is 66.4 Å². The van der Waals surface area contributed by atoms with Crippen LogP contribution >= 0.6 is 0 Å². The number of rotatable bonds is 10. The molecule has 8 rings (SSSR count). The van der Waals surface area contributed by atoms with Gasteiger partial charge in [0.25, 0.3) is 0 Å². The Morgan fingerprint density at radius 3 is 1.25 bits per heavy atom. The molecule has 0 spiro atoms. The Kier molecular flexibility index (Phi) is 12.4. The number of furan rings is 2. The van der Waals surface area contributed by atoms with Crippen LogP contribution in [0, 0.1) is 0 Å². The fraction of sp³-hybridized carbons (Fsp3) is 0.240. The van der Waals surface area contributed by atoms with E-state index in [9.17, 15) is 0 Å². The van der Waals surface area contributed by atoms with Crippen molar-refractivity contribution >= 4 is 21.5 Å². The summed E-state index contributed by atoms with van der Waals surface area (Å²) < 4.78 is 12.1. The minimum Gasteiger partial charge on any atom is -0.496 e. The number of hydrogen-bond donors (Lipinski definition) is 0. The molecule has 0 radical (unpaired) electrons. The number of aryl methyl sites for hydroxylation is 2. The molecule has 0 amide bonds. The van der Waals surface area contributed by atoms with Gasteiger partial charge in [-0.2, -0.15) is 0 Å². The van der Waals surface area contributed by atoms with Gasteiger partial charge in [0.2, 0.25) is 0 Å². The summed E-state index contributed by atoms with van der Waals surface area (Å²) in [7, 11) is 0. The molecule has 266 valence electrons. The van der Waals surface area contributed by atoms with Gasteiger partial charge in [-0.15, -0.1) is 57.9 Å². The number of fused-ring (bicyclic) bond motifs is 2. The first-order valence-corrected chi connectivity index (χ1v) is 19.1. The summed E-state index contributed by atoms with van der Waals surface area (Å²) in [4.78, 5) is 0. The normalized spacial score (nSPS) is 11.3. The van der Waals surface area contributed by atoms with Crippen LogP contribution in [0.1, 0.15) is 88.9 Å². The molecule has 53 heavy (non-hydrogen) atoms. The molecule has 2 aromatic heterocycles. The predicted octanol–water partition coefficient (Wildman–Crippen LogP) is 15.1. The molecule has 0 unspecified atom stereocenters. The Hall–Kier alpha value is -4.46. The van der Waals surface area contributed by atoms with E-state index in [1.54, 1.807) is 0 Å². The van der Waals surface area contributed by atoms with Crippen molar-refractivity contribution in [1.29, 1.82) is 0 Å². The van der Waals surface area contributed by atoms with Crippen LogP contribution in [0.2, 0.25) is 0 Å². The van der Waals surface area contributed by atoms with Crippen molar-refractivity contribution in [3.8, 4) is 44.9 Å². The van der Waals surface area contributed by atoms with Crippen LogP contribution in [-0.4, -0.2) is 0 Å². The Balaban J connectivity index is 0.000000178. The first-order valence-electron chi connectivity index (χ1n) is 19.1. The molecule has 0 N–H and O–H groups in total. The Bertz CT molecular complexity index is 2200. The van der Waals surface area contributed by atoms with Crippen molar-refractivity contribution in [3.05, 3.63) is 156 Å². The van der Waals surface area contributed by atoms with Crippen LogP contribution in [0.15, 0.2) is 142 Å². The fourth-order valence-corrected chi connectivity index (χ4v) is 7.18. The predicted molar refractivity (Wildman–Crippen MR) is 222 cm³/mol. The zero-order valence-corrected chi connectivity index (χ0v) is 34.5. The van der Waals surface area contributed by atoms with Crippen LogP contribution in [0.4, 0.5) is 0 Å². The zero-order valence-electron chi connectivity index (χ0n) is 32.0. The Morgan fingerprint density at radius 1 is 0.491 bits per heavy atom. The molecular formula is C50H50O2Zr. The topological polar surface area (TPSA) is 26.3 Å². The van der Waals surface area contributed by atoms with Crippen molar-refractivity contribution in [2.24, 2.45) is 0 Å². The number of hydrogen-bond acceptors (Lipinski definition) is 2. The van der Waals surface area contributed by atoms with E-state index in [4.69, 9.17) is 8.83 Å². The van der Waals surface area contributed by atoms with Crippen LogP contribution in [0.3, 0.4) is 0 Å². The first-order chi connectivity index (χ1) is 25.3. The third kappa shape index (κ3) is 8.53. The van der Waals surface area contributed by atoms with E-state index in [1.165, 1.54) is 54.9 Å². The number of benzene rings is 4. The Morgan fingerprint density at radius 2 is 0.887 bits per heavy atom. The molecule has 0 saturated heterocycles. The van der Waals surface area contributed by atoms with Gasteiger partial charge in [0.1, 0.15) is 0 Å². The summed E-state index contributed by atoms with van der Waals surface area (Å²) in [6.45, 7) is 13.3. The van der Waals surface area contributed by atoms with Gasteiger partial charge in [-0.25, -0.2) is 0 Å². The van der Waals surface area contributed by atoms with E-state index in [2.05, 4.69) is 175 Å². The van der Waals surface area contributed by atoms with Gasteiger partial charge in [-0.1, -0.05) is 137 Å². The second-order valence-electron chi connectivity index (χ2n) is 14.7.